The number of primary amides is 1. The van der Waals surface area contributed by atoms with Gasteiger partial charge in [0.15, 0.2) is 0 Å². The van der Waals surface area contributed by atoms with E-state index in [0.717, 1.165) is 38.0 Å². The molecule has 0 aromatic heterocycles. The summed E-state index contributed by atoms with van der Waals surface area (Å²) in [5.41, 5.74) is 7.58. The first-order valence-electron chi connectivity index (χ1n) is 10.8. The Hall–Kier alpha value is -1.99. The molecule has 0 radical (unpaired) electrons. The molecule has 9 heteroatoms. The number of nitrogens with zero attached hydrogens (tertiary/aromatic N) is 2. The third-order valence-corrected chi connectivity index (χ3v) is 6.14. The highest BCUT2D eigenvalue weighted by Crippen LogP contribution is 2.22. The van der Waals surface area contributed by atoms with Gasteiger partial charge in [0.2, 0.25) is 0 Å². The van der Waals surface area contributed by atoms with Gasteiger partial charge in [0.05, 0.1) is 7.11 Å². The van der Waals surface area contributed by atoms with E-state index in [1.807, 2.05) is 24.3 Å². The van der Waals surface area contributed by atoms with Crippen LogP contribution in [0.3, 0.4) is 0 Å². The molecule has 2 aromatic rings. The molecule has 0 fully saturated rings. The number of ether oxygens (including phenoxy) is 1. The second-order valence-electron chi connectivity index (χ2n) is 7.75. The number of amides is 2. The van der Waals surface area contributed by atoms with E-state index in [1.54, 1.807) is 23.1 Å². The fourth-order valence-electron chi connectivity index (χ4n) is 3.43. The summed E-state index contributed by atoms with van der Waals surface area (Å²) >= 11 is 18.2. The zero-order valence-electron chi connectivity index (χ0n) is 18.7. The largest absolute Gasteiger partial charge is 0.469 e. The molecule has 2 aromatic carbocycles. The van der Waals surface area contributed by atoms with E-state index >= 15 is 0 Å². The van der Waals surface area contributed by atoms with Gasteiger partial charge in [-0.25, -0.2) is 4.79 Å². The van der Waals surface area contributed by atoms with Crippen LogP contribution in [0.5, 0.6) is 0 Å². The Morgan fingerprint density at radius 3 is 2.21 bits per heavy atom. The van der Waals surface area contributed by atoms with Gasteiger partial charge in [0.25, 0.3) is 0 Å². The van der Waals surface area contributed by atoms with Crippen LogP contribution >= 0.6 is 34.8 Å². The minimum Gasteiger partial charge on any atom is -0.469 e. The molecule has 2 N–H and O–H groups in total. The van der Waals surface area contributed by atoms with Gasteiger partial charge in [-0.15, -0.1) is 0 Å². The van der Waals surface area contributed by atoms with Crippen molar-refractivity contribution in [2.75, 3.05) is 33.3 Å². The minimum atomic E-state index is -0.501. The molecule has 0 heterocycles. The summed E-state index contributed by atoms with van der Waals surface area (Å²) < 4.78 is 4.74. The standard InChI is InChI=1S/C24H30Cl3N3O3/c1-33-23(31)4-2-12-29(15-11-18-5-8-20(25)9-6-18)13-3-14-30(24(28)32)17-19-7-10-21(26)16-22(19)27/h5-10,16H,2-4,11-15,17H2,1H3,(H2,28,32). The van der Waals surface area contributed by atoms with E-state index in [4.69, 9.17) is 45.3 Å². The van der Waals surface area contributed by atoms with Gasteiger partial charge in [0.1, 0.15) is 0 Å². The van der Waals surface area contributed by atoms with Gasteiger partial charge in [-0.3, -0.25) is 4.79 Å². The topological polar surface area (TPSA) is 75.9 Å². The summed E-state index contributed by atoms with van der Waals surface area (Å²) in [5, 5.41) is 1.75. The zero-order chi connectivity index (χ0) is 24.2. The van der Waals surface area contributed by atoms with Crippen LogP contribution in [0, 0.1) is 0 Å². The van der Waals surface area contributed by atoms with Crippen LogP contribution in [0.4, 0.5) is 4.79 Å². The zero-order valence-corrected chi connectivity index (χ0v) is 21.0. The Kier molecular flexibility index (Phi) is 11.8. The van der Waals surface area contributed by atoms with Crippen LogP contribution < -0.4 is 5.73 Å². The number of benzene rings is 2. The number of esters is 1. The molecule has 33 heavy (non-hydrogen) atoms. The molecule has 2 amide bonds. The summed E-state index contributed by atoms with van der Waals surface area (Å²) in [6, 6.07) is 12.5. The minimum absolute atomic E-state index is 0.215. The average molecular weight is 515 g/mol. The van der Waals surface area contributed by atoms with Gasteiger partial charge >= 0.3 is 12.0 Å². The van der Waals surface area contributed by atoms with Gasteiger partial charge in [0, 0.05) is 41.1 Å². The number of carbonyl (C=O) groups is 2. The fraction of sp³-hybridized carbons (Fsp3) is 0.417. The third kappa shape index (κ3) is 10.2. The normalized spacial score (nSPS) is 10.9. The SMILES string of the molecule is COC(=O)CCCN(CCCN(Cc1ccc(Cl)cc1Cl)C(N)=O)CCc1ccc(Cl)cc1. The number of carbonyl (C=O) groups excluding carboxylic acids is 2. The van der Waals surface area contributed by atoms with Gasteiger partial charge < -0.3 is 20.3 Å². The van der Waals surface area contributed by atoms with Crippen molar-refractivity contribution in [3.63, 3.8) is 0 Å². The monoisotopic (exact) mass is 513 g/mol. The third-order valence-electron chi connectivity index (χ3n) is 5.30. The van der Waals surface area contributed by atoms with Crippen molar-refractivity contribution in [2.24, 2.45) is 5.73 Å². The molecular weight excluding hydrogens is 485 g/mol. The van der Waals surface area contributed by atoms with E-state index in [9.17, 15) is 9.59 Å². The first-order chi connectivity index (χ1) is 15.8. The highest BCUT2D eigenvalue weighted by Gasteiger charge is 2.14. The van der Waals surface area contributed by atoms with Gasteiger partial charge in [-0.2, -0.15) is 0 Å². The Morgan fingerprint density at radius 1 is 0.909 bits per heavy atom. The second-order valence-corrected chi connectivity index (χ2v) is 9.03. The number of hydrogen-bond acceptors (Lipinski definition) is 4. The number of urea groups is 1. The summed E-state index contributed by atoms with van der Waals surface area (Å²) in [7, 11) is 1.39. The molecule has 6 nitrogen and oxygen atoms in total. The molecule has 0 bridgehead atoms. The molecule has 0 aliphatic carbocycles. The van der Waals surface area contributed by atoms with Crippen molar-refractivity contribution >= 4 is 46.8 Å². The summed E-state index contributed by atoms with van der Waals surface area (Å²) in [6.07, 6.45) is 2.66. The smallest absolute Gasteiger partial charge is 0.315 e. The quantitative estimate of drug-likeness (QED) is 0.362. The summed E-state index contributed by atoms with van der Waals surface area (Å²) in [4.78, 5) is 27.3. The lowest BCUT2D eigenvalue weighted by atomic mass is 10.1. The van der Waals surface area contributed by atoms with E-state index in [1.165, 1.54) is 12.7 Å². The number of nitrogens with two attached hydrogens (primary N) is 1. The molecule has 0 unspecified atom stereocenters. The molecule has 2 rings (SSSR count). The molecular formula is C24H30Cl3N3O3. The Bertz CT molecular complexity index is 910. The predicted molar refractivity (Wildman–Crippen MR) is 134 cm³/mol. The lowest BCUT2D eigenvalue weighted by Crippen LogP contribution is -2.38. The van der Waals surface area contributed by atoms with Crippen molar-refractivity contribution in [1.82, 2.24) is 9.80 Å². The Morgan fingerprint density at radius 2 is 1.58 bits per heavy atom. The fourth-order valence-corrected chi connectivity index (χ4v) is 4.02. The maximum atomic E-state index is 12.0. The van der Waals surface area contributed by atoms with E-state index in [-0.39, 0.29) is 5.97 Å². The number of hydrogen-bond donors (Lipinski definition) is 1. The summed E-state index contributed by atoms with van der Waals surface area (Å²) in [6.45, 7) is 3.14. The average Bonchev–Trinajstić information content (AvgIpc) is 2.78. The van der Waals surface area contributed by atoms with Gasteiger partial charge in [-0.05, 0) is 67.7 Å². The Labute approximate surface area is 210 Å². The molecule has 180 valence electrons. The van der Waals surface area contributed by atoms with Crippen LogP contribution in [-0.2, 0) is 22.5 Å². The van der Waals surface area contributed by atoms with E-state index in [2.05, 4.69) is 4.90 Å². The summed E-state index contributed by atoms with van der Waals surface area (Å²) in [5.74, 6) is -0.215. The van der Waals surface area contributed by atoms with Crippen LogP contribution in [-0.4, -0.2) is 55.1 Å². The van der Waals surface area contributed by atoms with Crippen molar-refractivity contribution in [3.05, 3.63) is 68.7 Å². The molecule has 0 saturated carbocycles. The first kappa shape index (κ1) is 27.3. The highest BCUT2D eigenvalue weighted by molar-refractivity contribution is 6.35. The van der Waals surface area contributed by atoms with Crippen molar-refractivity contribution in [2.45, 2.75) is 32.2 Å². The molecule has 0 atom stereocenters. The van der Waals surface area contributed by atoms with Crippen molar-refractivity contribution < 1.29 is 14.3 Å². The van der Waals surface area contributed by atoms with Crippen molar-refractivity contribution in [3.8, 4) is 0 Å². The van der Waals surface area contributed by atoms with Crippen LogP contribution in [0.2, 0.25) is 15.1 Å². The van der Waals surface area contributed by atoms with E-state index in [0.29, 0.717) is 41.0 Å². The van der Waals surface area contributed by atoms with Crippen molar-refractivity contribution in [1.29, 1.82) is 0 Å². The van der Waals surface area contributed by atoms with Gasteiger partial charge in [-0.1, -0.05) is 53.0 Å². The van der Waals surface area contributed by atoms with Crippen LogP contribution in [0.1, 0.15) is 30.4 Å². The second kappa shape index (κ2) is 14.3. The maximum Gasteiger partial charge on any atom is 0.315 e. The number of halogens is 3. The highest BCUT2D eigenvalue weighted by atomic mass is 35.5. The lowest BCUT2D eigenvalue weighted by molar-refractivity contribution is -0.140. The van der Waals surface area contributed by atoms with Crippen LogP contribution in [0.15, 0.2) is 42.5 Å². The number of methoxy groups -OCH3 is 1. The van der Waals surface area contributed by atoms with E-state index < -0.39 is 6.03 Å². The molecule has 0 saturated heterocycles. The lowest BCUT2D eigenvalue weighted by Gasteiger charge is -2.25. The number of rotatable bonds is 13. The predicted octanol–water partition coefficient (Wildman–Crippen LogP) is 5.42. The molecule has 0 spiro atoms. The van der Waals surface area contributed by atoms with Crippen LogP contribution in [0.25, 0.3) is 0 Å². The molecule has 0 aliphatic heterocycles. The molecule has 0 aliphatic rings. The Balaban J connectivity index is 1.92. The maximum absolute atomic E-state index is 12.0. The first-order valence-corrected chi connectivity index (χ1v) is 11.9.